The molecule has 0 aromatic rings. The van der Waals surface area contributed by atoms with Crippen molar-refractivity contribution in [3.05, 3.63) is 0 Å². The van der Waals surface area contributed by atoms with Crippen LogP contribution in [-0.2, 0) is 0 Å². The molecule has 0 aliphatic heterocycles. The van der Waals surface area contributed by atoms with Gasteiger partial charge in [0.1, 0.15) is 0 Å². The molecule has 182 valence electrons. The third-order valence-electron chi connectivity index (χ3n) is 7.50. The lowest BCUT2D eigenvalue weighted by atomic mass is 9.79. The van der Waals surface area contributed by atoms with Gasteiger partial charge in [-0.2, -0.15) is 0 Å². The predicted molar refractivity (Wildman–Crippen MR) is 140 cm³/mol. The maximum atomic E-state index is 2.59. The molecule has 0 aliphatic carbocycles. The van der Waals surface area contributed by atoms with Crippen LogP contribution >= 0.6 is 0 Å². The van der Waals surface area contributed by atoms with Gasteiger partial charge in [0.2, 0.25) is 0 Å². The monoisotopic (exact) mass is 422 g/mol. The van der Waals surface area contributed by atoms with Crippen molar-refractivity contribution in [2.24, 2.45) is 17.8 Å². The molecule has 0 heteroatoms. The Morgan fingerprint density at radius 1 is 0.400 bits per heavy atom. The molecular formula is C30H62. The van der Waals surface area contributed by atoms with Crippen molar-refractivity contribution in [3.8, 4) is 0 Å². The van der Waals surface area contributed by atoms with E-state index in [9.17, 15) is 0 Å². The van der Waals surface area contributed by atoms with Crippen molar-refractivity contribution < 1.29 is 0 Å². The lowest BCUT2D eigenvalue weighted by molar-refractivity contribution is 0.242. The molecule has 0 aromatic carbocycles. The van der Waals surface area contributed by atoms with E-state index < -0.39 is 0 Å². The summed E-state index contributed by atoms with van der Waals surface area (Å²) in [4.78, 5) is 0. The summed E-state index contributed by atoms with van der Waals surface area (Å²) in [5.74, 6) is 2.87. The fourth-order valence-electron chi connectivity index (χ4n) is 5.21. The summed E-state index contributed by atoms with van der Waals surface area (Å²) in [7, 11) is 0. The van der Waals surface area contributed by atoms with Gasteiger partial charge in [0.15, 0.2) is 0 Å². The highest BCUT2D eigenvalue weighted by Crippen LogP contribution is 2.32. The molecule has 0 heterocycles. The van der Waals surface area contributed by atoms with E-state index >= 15 is 0 Å². The number of hydrogen-bond acceptors (Lipinski definition) is 0. The summed E-state index contributed by atoms with van der Waals surface area (Å²) >= 11 is 0. The van der Waals surface area contributed by atoms with Crippen LogP contribution in [0.25, 0.3) is 0 Å². The zero-order valence-electron chi connectivity index (χ0n) is 22.3. The molecule has 0 nitrogen and oxygen atoms in total. The minimum atomic E-state index is 0.938. The van der Waals surface area contributed by atoms with E-state index in [1.807, 2.05) is 0 Å². The highest BCUT2D eigenvalue weighted by molar-refractivity contribution is 4.71. The Morgan fingerprint density at radius 2 is 0.767 bits per heavy atom. The van der Waals surface area contributed by atoms with Crippen molar-refractivity contribution >= 4 is 0 Å². The minimum Gasteiger partial charge on any atom is -0.0654 e. The van der Waals surface area contributed by atoms with Crippen LogP contribution in [-0.4, -0.2) is 0 Å². The fraction of sp³-hybridized carbons (Fsp3) is 1.00. The van der Waals surface area contributed by atoms with Gasteiger partial charge in [0.25, 0.3) is 0 Å². The fourth-order valence-corrected chi connectivity index (χ4v) is 5.21. The number of rotatable bonds is 24. The molecular weight excluding hydrogens is 360 g/mol. The average molecular weight is 423 g/mol. The zero-order valence-corrected chi connectivity index (χ0v) is 22.3. The highest BCUT2D eigenvalue weighted by Gasteiger charge is 2.19. The Morgan fingerprint density at radius 3 is 1.23 bits per heavy atom. The SMILES string of the molecule is CCCCCCCCCC(CC(C)CCCCCCC)C(C)CCCCCCCC. The standard InChI is InChI=1S/C30H62/c1-6-9-12-15-17-20-23-26-30(27-28(4)24-21-18-14-11-8-3)29(5)25-22-19-16-13-10-7-2/h28-30H,6-27H2,1-5H3. The van der Waals surface area contributed by atoms with Gasteiger partial charge in [-0.1, -0.05) is 169 Å². The van der Waals surface area contributed by atoms with Crippen LogP contribution in [0.2, 0.25) is 0 Å². The summed E-state index contributed by atoms with van der Waals surface area (Å²) in [5, 5.41) is 0. The average Bonchev–Trinajstić information content (AvgIpc) is 2.74. The van der Waals surface area contributed by atoms with E-state index in [2.05, 4.69) is 34.6 Å². The molecule has 0 N–H and O–H groups in total. The van der Waals surface area contributed by atoms with E-state index in [0.717, 1.165) is 17.8 Å². The molecule has 3 unspecified atom stereocenters. The molecule has 0 aliphatic rings. The molecule has 3 atom stereocenters. The normalized spacial score (nSPS) is 14.7. The largest absolute Gasteiger partial charge is 0.0654 e. The van der Waals surface area contributed by atoms with Crippen LogP contribution in [0.1, 0.15) is 176 Å². The van der Waals surface area contributed by atoms with Crippen LogP contribution in [0, 0.1) is 17.8 Å². The van der Waals surface area contributed by atoms with Crippen LogP contribution in [0.5, 0.6) is 0 Å². The lowest BCUT2D eigenvalue weighted by Gasteiger charge is -2.27. The van der Waals surface area contributed by atoms with E-state index in [-0.39, 0.29) is 0 Å². The molecule has 30 heavy (non-hydrogen) atoms. The zero-order chi connectivity index (χ0) is 22.3. The first-order valence-electron chi connectivity index (χ1n) is 14.7. The van der Waals surface area contributed by atoms with Gasteiger partial charge in [0, 0.05) is 0 Å². The van der Waals surface area contributed by atoms with Gasteiger partial charge < -0.3 is 0 Å². The second-order valence-electron chi connectivity index (χ2n) is 10.7. The third-order valence-corrected chi connectivity index (χ3v) is 7.50. The Balaban J connectivity index is 4.21. The van der Waals surface area contributed by atoms with Gasteiger partial charge in [-0.05, 0) is 24.2 Å². The van der Waals surface area contributed by atoms with Gasteiger partial charge in [0.05, 0.1) is 0 Å². The van der Waals surface area contributed by atoms with Crippen molar-refractivity contribution in [1.82, 2.24) is 0 Å². The second-order valence-corrected chi connectivity index (χ2v) is 10.7. The van der Waals surface area contributed by atoms with Gasteiger partial charge >= 0.3 is 0 Å². The van der Waals surface area contributed by atoms with Crippen molar-refractivity contribution in [2.45, 2.75) is 176 Å². The molecule has 0 saturated carbocycles. The third kappa shape index (κ3) is 19.9. The second kappa shape index (κ2) is 23.7. The van der Waals surface area contributed by atoms with E-state index in [1.165, 1.54) is 141 Å². The van der Waals surface area contributed by atoms with Crippen LogP contribution in [0.4, 0.5) is 0 Å². The molecule has 0 fully saturated rings. The topological polar surface area (TPSA) is 0 Å². The molecule has 0 aromatic heterocycles. The summed E-state index contributed by atoms with van der Waals surface area (Å²) in [5.41, 5.74) is 0. The van der Waals surface area contributed by atoms with E-state index in [0.29, 0.717) is 0 Å². The smallest absolute Gasteiger partial charge is 0.0386 e. The number of unbranched alkanes of at least 4 members (excludes halogenated alkanes) is 15. The molecule has 0 amide bonds. The van der Waals surface area contributed by atoms with Crippen molar-refractivity contribution in [3.63, 3.8) is 0 Å². The molecule has 0 bridgehead atoms. The molecule has 0 radical (unpaired) electrons. The van der Waals surface area contributed by atoms with Gasteiger partial charge in [-0.15, -0.1) is 0 Å². The molecule has 0 rings (SSSR count). The van der Waals surface area contributed by atoms with Crippen LogP contribution < -0.4 is 0 Å². The van der Waals surface area contributed by atoms with Crippen LogP contribution in [0.3, 0.4) is 0 Å². The Hall–Kier alpha value is 0. The maximum Gasteiger partial charge on any atom is -0.0386 e. The summed E-state index contributed by atoms with van der Waals surface area (Å²) in [6.45, 7) is 12.1. The quantitative estimate of drug-likeness (QED) is 0.136. The minimum absolute atomic E-state index is 0.938. The van der Waals surface area contributed by atoms with E-state index in [1.54, 1.807) is 0 Å². The molecule has 0 saturated heterocycles. The first kappa shape index (κ1) is 30.0. The van der Waals surface area contributed by atoms with Crippen LogP contribution in [0.15, 0.2) is 0 Å². The first-order valence-corrected chi connectivity index (χ1v) is 14.7. The van der Waals surface area contributed by atoms with Crippen molar-refractivity contribution in [2.75, 3.05) is 0 Å². The summed E-state index contributed by atoms with van der Waals surface area (Å²) < 4.78 is 0. The number of hydrogen-bond donors (Lipinski definition) is 0. The Bertz CT molecular complexity index is 307. The predicted octanol–water partition coefficient (Wildman–Crippen LogP) is 11.5. The summed E-state index contributed by atoms with van der Waals surface area (Å²) in [6, 6.07) is 0. The summed E-state index contributed by atoms with van der Waals surface area (Å²) in [6.07, 6.45) is 32.0. The maximum absolute atomic E-state index is 2.59. The van der Waals surface area contributed by atoms with Gasteiger partial charge in [-0.3, -0.25) is 0 Å². The Kier molecular flexibility index (Phi) is 23.7. The molecule has 0 spiro atoms. The van der Waals surface area contributed by atoms with Crippen molar-refractivity contribution in [1.29, 1.82) is 0 Å². The van der Waals surface area contributed by atoms with E-state index in [4.69, 9.17) is 0 Å². The first-order chi connectivity index (χ1) is 14.7. The Labute approximate surface area is 193 Å². The lowest BCUT2D eigenvalue weighted by Crippen LogP contribution is -2.16. The highest BCUT2D eigenvalue weighted by atomic mass is 14.2. The van der Waals surface area contributed by atoms with Gasteiger partial charge in [-0.25, -0.2) is 0 Å².